The van der Waals surface area contributed by atoms with Crippen molar-refractivity contribution >= 4 is 17.4 Å². The van der Waals surface area contributed by atoms with E-state index in [1.165, 1.54) is 12.8 Å². The van der Waals surface area contributed by atoms with E-state index in [0.717, 1.165) is 18.9 Å². The molecule has 1 aromatic carbocycles. The Morgan fingerprint density at radius 1 is 1.04 bits per heavy atom. The second kappa shape index (κ2) is 7.16. The summed E-state index contributed by atoms with van der Waals surface area (Å²) in [6, 6.07) is 8.70. The Kier molecular flexibility index (Phi) is 4.79. The summed E-state index contributed by atoms with van der Waals surface area (Å²) in [5.41, 5.74) is 0.871. The Bertz CT molecular complexity index is 712. The predicted octanol–water partition coefficient (Wildman–Crippen LogP) is 2.35. The predicted molar refractivity (Wildman–Crippen MR) is 91.0 cm³/mol. The molecule has 0 unspecified atom stereocenters. The van der Waals surface area contributed by atoms with Crippen molar-refractivity contribution in [2.75, 3.05) is 37.5 Å². The molecule has 1 aromatic heterocycles. The van der Waals surface area contributed by atoms with Crippen LogP contribution >= 0.6 is 0 Å². The molecule has 126 valence electrons. The van der Waals surface area contributed by atoms with Crippen LogP contribution in [0.25, 0.3) is 0 Å². The smallest absolute Gasteiger partial charge is 0.276 e. The van der Waals surface area contributed by atoms with E-state index in [1.54, 1.807) is 38.5 Å². The molecule has 2 aromatic rings. The van der Waals surface area contributed by atoms with Gasteiger partial charge in [-0.1, -0.05) is 0 Å². The van der Waals surface area contributed by atoms with Gasteiger partial charge >= 0.3 is 0 Å². The van der Waals surface area contributed by atoms with Gasteiger partial charge in [0, 0.05) is 24.8 Å². The van der Waals surface area contributed by atoms with E-state index in [2.05, 4.69) is 20.4 Å². The second-order valence-electron chi connectivity index (χ2n) is 5.49. The van der Waals surface area contributed by atoms with Crippen LogP contribution in [0.1, 0.15) is 23.3 Å². The molecule has 0 radical (unpaired) electrons. The maximum atomic E-state index is 12.3. The van der Waals surface area contributed by atoms with Gasteiger partial charge in [-0.2, -0.15) is 0 Å². The van der Waals surface area contributed by atoms with Gasteiger partial charge in [-0.05, 0) is 37.1 Å². The van der Waals surface area contributed by atoms with E-state index < -0.39 is 0 Å². The number of carbonyl (C=O) groups excluding carboxylic acids is 1. The van der Waals surface area contributed by atoms with Crippen LogP contribution < -0.4 is 19.7 Å². The fourth-order valence-corrected chi connectivity index (χ4v) is 2.67. The van der Waals surface area contributed by atoms with E-state index >= 15 is 0 Å². The minimum atomic E-state index is -0.317. The number of carbonyl (C=O) groups is 1. The summed E-state index contributed by atoms with van der Waals surface area (Å²) in [5, 5.41) is 11.0. The van der Waals surface area contributed by atoms with Crippen LogP contribution in [0.5, 0.6) is 11.5 Å². The fourth-order valence-electron chi connectivity index (χ4n) is 2.67. The summed E-state index contributed by atoms with van der Waals surface area (Å²) in [6.07, 6.45) is 2.34. The Morgan fingerprint density at radius 2 is 1.79 bits per heavy atom. The number of benzene rings is 1. The van der Waals surface area contributed by atoms with Crippen LogP contribution in [0.15, 0.2) is 30.3 Å². The summed E-state index contributed by atoms with van der Waals surface area (Å²) in [7, 11) is 3.11. The molecule has 1 amide bonds. The lowest BCUT2D eigenvalue weighted by molar-refractivity contribution is 0.102. The van der Waals surface area contributed by atoms with Gasteiger partial charge in [-0.15, -0.1) is 10.2 Å². The van der Waals surface area contributed by atoms with Gasteiger partial charge < -0.3 is 19.7 Å². The highest BCUT2D eigenvalue weighted by molar-refractivity contribution is 6.02. The van der Waals surface area contributed by atoms with Crippen molar-refractivity contribution in [3.05, 3.63) is 36.0 Å². The molecule has 1 saturated heterocycles. The van der Waals surface area contributed by atoms with Crippen molar-refractivity contribution in [2.24, 2.45) is 0 Å². The molecule has 1 aliphatic heterocycles. The van der Waals surface area contributed by atoms with E-state index in [0.29, 0.717) is 17.2 Å². The van der Waals surface area contributed by atoms with E-state index in [9.17, 15) is 4.79 Å². The number of rotatable bonds is 5. The first kappa shape index (κ1) is 16.0. The van der Waals surface area contributed by atoms with Gasteiger partial charge in [0.15, 0.2) is 23.0 Å². The lowest BCUT2D eigenvalue weighted by Gasteiger charge is -2.15. The number of amides is 1. The molecule has 1 aliphatic rings. The molecule has 0 spiro atoms. The standard InChI is InChI=1S/C17H20N4O3/c1-23-14-7-5-12(11-15(14)24-2)18-17(22)13-6-8-16(20-19-13)21-9-3-4-10-21/h5-8,11H,3-4,9-10H2,1-2H3,(H,18,22). The number of hydrogen-bond acceptors (Lipinski definition) is 6. The minimum Gasteiger partial charge on any atom is -0.493 e. The summed E-state index contributed by atoms with van der Waals surface area (Å²) in [6.45, 7) is 1.98. The topological polar surface area (TPSA) is 76.6 Å². The van der Waals surface area contributed by atoms with E-state index in [4.69, 9.17) is 9.47 Å². The van der Waals surface area contributed by atoms with Crippen molar-refractivity contribution in [1.82, 2.24) is 10.2 Å². The highest BCUT2D eigenvalue weighted by Crippen LogP contribution is 2.29. The molecule has 24 heavy (non-hydrogen) atoms. The average Bonchev–Trinajstić information content (AvgIpc) is 3.16. The highest BCUT2D eigenvalue weighted by Gasteiger charge is 2.15. The first-order valence-electron chi connectivity index (χ1n) is 7.83. The number of ether oxygens (including phenoxy) is 2. The first-order valence-corrected chi connectivity index (χ1v) is 7.83. The monoisotopic (exact) mass is 328 g/mol. The quantitative estimate of drug-likeness (QED) is 0.908. The van der Waals surface area contributed by atoms with Crippen molar-refractivity contribution in [2.45, 2.75) is 12.8 Å². The molecule has 1 N–H and O–H groups in total. The van der Waals surface area contributed by atoms with Crippen LogP contribution in [-0.4, -0.2) is 43.4 Å². The number of nitrogens with one attached hydrogen (secondary N) is 1. The number of aromatic nitrogens is 2. The lowest BCUT2D eigenvalue weighted by Crippen LogP contribution is -2.21. The molecule has 0 atom stereocenters. The molecule has 0 aliphatic carbocycles. The number of methoxy groups -OCH3 is 2. The van der Waals surface area contributed by atoms with Crippen LogP contribution in [0, 0.1) is 0 Å². The molecule has 0 saturated carbocycles. The molecule has 7 heteroatoms. The summed E-state index contributed by atoms with van der Waals surface area (Å²) in [5.74, 6) is 1.65. The largest absolute Gasteiger partial charge is 0.493 e. The number of hydrogen-bond donors (Lipinski definition) is 1. The zero-order chi connectivity index (χ0) is 16.9. The van der Waals surface area contributed by atoms with Gasteiger partial charge in [-0.3, -0.25) is 4.79 Å². The minimum absolute atomic E-state index is 0.271. The third kappa shape index (κ3) is 3.40. The van der Waals surface area contributed by atoms with E-state index in [1.807, 2.05) is 6.07 Å². The zero-order valence-electron chi connectivity index (χ0n) is 13.8. The number of nitrogens with zero attached hydrogens (tertiary/aromatic N) is 3. The van der Waals surface area contributed by atoms with E-state index in [-0.39, 0.29) is 11.6 Å². The molecule has 7 nitrogen and oxygen atoms in total. The van der Waals surface area contributed by atoms with Gasteiger partial charge in [0.25, 0.3) is 5.91 Å². The molecule has 1 fully saturated rings. The van der Waals surface area contributed by atoms with Crippen molar-refractivity contribution < 1.29 is 14.3 Å². The third-order valence-electron chi connectivity index (χ3n) is 3.95. The Labute approximate surface area is 140 Å². The van der Waals surface area contributed by atoms with Gasteiger partial charge in [0.2, 0.25) is 0 Å². The van der Waals surface area contributed by atoms with Crippen LogP contribution in [0.3, 0.4) is 0 Å². The summed E-state index contributed by atoms with van der Waals surface area (Å²) in [4.78, 5) is 14.5. The zero-order valence-corrected chi connectivity index (χ0v) is 13.8. The molecule has 3 rings (SSSR count). The first-order chi connectivity index (χ1) is 11.7. The highest BCUT2D eigenvalue weighted by atomic mass is 16.5. The molecule has 2 heterocycles. The maximum absolute atomic E-state index is 12.3. The molecular formula is C17H20N4O3. The fraction of sp³-hybridized carbons (Fsp3) is 0.353. The Balaban J connectivity index is 1.70. The lowest BCUT2D eigenvalue weighted by atomic mass is 10.2. The normalized spacial score (nSPS) is 13.7. The molecule has 0 bridgehead atoms. The van der Waals surface area contributed by atoms with Crippen LogP contribution in [0.4, 0.5) is 11.5 Å². The maximum Gasteiger partial charge on any atom is 0.276 e. The van der Waals surface area contributed by atoms with Gasteiger partial charge in [0.05, 0.1) is 14.2 Å². The average molecular weight is 328 g/mol. The SMILES string of the molecule is COc1ccc(NC(=O)c2ccc(N3CCCC3)nn2)cc1OC. The van der Waals surface area contributed by atoms with Crippen LogP contribution in [-0.2, 0) is 0 Å². The van der Waals surface area contributed by atoms with Crippen molar-refractivity contribution in [3.63, 3.8) is 0 Å². The Hall–Kier alpha value is -2.83. The second-order valence-corrected chi connectivity index (χ2v) is 5.49. The molecular weight excluding hydrogens is 308 g/mol. The number of anilines is 2. The van der Waals surface area contributed by atoms with Gasteiger partial charge in [0.1, 0.15) is 0 Å². The summed E-state index contributed by atoms with van der Waals surface area (Å²) >= 11 is 0. The van der Waals surface area contributed by atoms with Gasteiger partial charge in [-0.25, -0.2) is 0 Å². The van der Waals surface area contributed by atoms with Crippen LogP contribution in [0.2, 0.25) is 0 Å². The van der Waals surface area contributed by atoms with Crippen molar-refractivity contribution in [1.29, 1.82) is 0 Å². The third-order valence-corrected chi connectivity index (χ3v) is 3.95. The van der Waals surface area contributed by atoms with Crippen molar-refractivity contribution in [3.8, 4) is 11.5 Å². The summed E-state index contributed by atoms with van der Waals surface area (Å²) < 4.78 is 10.4. The Morgan fingerprint density at radius 3 is 2.42 bits per heavy atom.